The summed E-state index contributed by atoms with van der Waals surface area (Å²) < 4.78 is 4.58. The number of pyridine rings is 1. The lowest BCUT2D eigenvalue weighted by atomic mass is 10.1. The van der Waals surface area contributed by atoms with E-state index in [0.29, 0.717) is 11.5 Å². The molecule has 15 heavy (non-hydrogen) atoms. The molecular formula is C11H11NO3. The van der Waals surface area contributed by atoms with Gasteiger partial charge in [0.05, 0.1) is 7.11 Å². The van der Waals surface area contributed by atoms with E-state index in [-0.39, 0.29) is 5.69 Å². The highest BCUT2D eigenvalue weighted by Crippen LogP contribution is 2.41. The minimum atomic E-state index is -0.464. The molecule has 4 nitrogen and oxygen atoms in total. The Morgan fingerprint density at radius 1 is 1.60 bits per heavy atom. The molecule has 1 fully saturated rings. The molecule has 0 N–H and O–H groups in total. The number of esters is 1. The molecule has 1 saturated carbocycles. The van der Waals surface area contributed by atoms with Gasteiger partial charge >= 0.3 is 5.97 Å². The Morgan fingerprint density at radius 3 is 2.87 bits per heavy atom. The van der Waals surface area contributed by atoms with Crippen molar-refractivity contribution in [2.45, 2.75) is 18.8 Å². The highest BCUT2D eigenvalue weighted by atomic mass is 16.5. The topological polar surface area (TPSA) is 56.3 Å². The minimum Gasteiger partial charge on any atom is -0.464 e. The summed E-state index contributed by atoms with van der Waals surface area (Å²) in [5.41, 5.74) is 1.76. The lowest BCUT2D eigenvalue weighted by molar-refractivity contribution is 0.0593. The number of carbonyl (C=O) groups excluding carboxylic acids is 2. The smallest absolute Gasteiger partial charge is 0.356 e. The molecule has 1 aliphatic carbocycles. The van der Waals surface area contributed by atoms with Gasteiger partial charge in [-0.3, -0.25) is 4.79 Å². The molecule has 1 aromatic rings. The molecule has 1 aliphatic rings. The molecule has 0 spiro atoms. The Bertz CT molecular complexity index is 410. The van der Waals surface area contributed by atoms with E-state index in [2.05, 4.69) is 9.72 Å². The summed E-state index contributed by atoms with van der Waals surface area (Å²) in [6, 6.07) is 1.66. The van der Waals surface area contributed by atoms with Crippen LogP contribution in [-0.4, -0.2) is 24.3 Å². The summed E-state index contributed by atoms with van der Waals surface area (Å²) in [4.78, 5) is 25.9. The lowest BCUT2D eigenvalue weighted by Crippen LogP contribution is -2.06. The van der Waals surface area contributed by atoms with Crippen LogP contribution < -0.4 is 0 Å². The van der Waals surface area contributed by atoms with Gasteiger partial charge in [0.25, 0.3) is 0 Å². The second kappa shape index (κ2) is 3.81. The summed E-state index contributed by atoms with van der Waals surface area (Å²) in [5, 5.41) is 0. The maximum atomic E-state index is 11.2. The summed E-state index contributed by atoms with van der Waals surface area (Å²) in [6.45, 7) is 0. The van der Waals surface area contributed by atoms with Gasteiger partial charge in [-0.15, -0.1) is 0 Å². The van der Waals surface area contributed by atoms with Gasteiger partial charge in [-0.25, -0.2) is 9.78 Å². The first-order valence-electron chi connectivity index (χ1n) is 4.79. The number of aldehydes is 1. The van der Waals surface area contributed by atoms with Gasteiger partial charge in [-0.2, -0.15) is 0 Å². The second-order valence-corrected chi connectivity index (χ2v) is 3.58. The van der Waals surface area contributed by atoms with Crippen LogP contribution in [-0.2, 0) is 4.74 Å². The van der Waals surface area contributed by atoms with E-state index < -0.39 is 5.97 Å². The maximum absolute atomic E-state index is 11.2. The largest absolute Gasteiger partial charge is 0.464 e. The van der Waals surface area contributed by atoms with E-state index in [1.54, 1.807) is 6.07 Å². The van der Waals surface area contributed by atoms with Gasteiger partial charge in [0, 0.05) is 11.8 Å². The first-order valence-corrected chi connectivity index (χ1v) is 4.79. The molecule has 0 amide bonds. The van der Waals surface area contributed by atoms with Crippen LogP contribution in [0.5, 0.6) is 0 Å². The molecule has 2 rings (SSSR count). The van der Waals surface area contributed by atoms with Crippen LogP contribution in [0, 0.1) is 0 Å². The molecule has 1 heterocycles. The van der Waals surface area contributed by atoms with Gasteiger partial charge in [0.2, 0.25) is 0 Å². The van der Waals surface area contributed by atoms with Crippen LogP contribution in [0.2, 0.25) is 0 Å². The van der Waals surface area contributed by atoms with Gasteiger partial charge in [-0.05, 0) is 30.4 Å². The molecule has 0 unspecified atom stereocenters. The normalized spacial score (nSPS) is 14.7. The van der Waals surface area contributed by atoms with Crippen molar-refractivity contribution in [3.8, 4) is 0 Å². The van der Waals surface area contributed by atoms with Crippen LogP contribution in [0.3, 0.4) is 0 Å². The summed E-state index contributed by atoms with van der Waals surface area (Å²) >= 11 is 0. The quantitative estimate of drug-likeness (QED) is 0.555. The molecule has 0 aromatic carbocycles. The Hall–Kier alpha value is -1.71. The lowest BCUT2D eigenvalue weighted by Gasteiger charge is -2.04. The SMILES string of the molecule is COC(=O)c1cc(C2CC2)c(C=O)cn1. The zero-order valence-corrected chi connectivity index (χ0v) is 8.40. The molecule has 78 valence electrons. The first-order chi connectivity index (χ1) is 7.26. The fourth-order valence-electron chi connectivity index (χ4n) is 1.54. The average molecular weight is 205 g/mol. The molecule has 0 radical (unpaired) electrons. The maximum Gasteiger partial charge on any atom is 0.356 e. The first kappa shape index (κ1) is 9.83. The number of rotatable bonds is 3. The zero-order valence-electron chi connectivity index (χ0n) is 8.40. The number of nitrogens with zero attached hydrogens (tertiary/aromatic N) is 1. The molecule has 1 aromatic heterocycles. The van der Waals surface area contributed by atoms with Gasteiger partial charge in [0.15, 0.2) is 6.29 Å². The average Bonchev–Trinajstić information content (AvgIpc) is 3.11. The summed E-state index contributed by atoms with van der Waals surface area (Å²) in [5.74, 6) is -0.0500. The van der Waals surface area contributed by atoms with Crippen LogP contribution in [0.1, 0.15) is 45.2 Å². The van der Waals surface area contributed by atoms with Crippen molar-refractivity contribution >= 4 is 12.3 Å². The fourth-order valence-corrected chi connectivity index (χ4v) is 1.54. The Labute approximate surface area is 87.3 Å². The molecule has 0 atom stereocenters. The summed E-state index contributed by atoms with van der Waals surface area (Å²) in [7, 11) is 1.31. The molecule has 4 heteroatoms. The van der Waals surface area contributed by atoms with Gasteiger partial charge < -0.3 is 4.74 Å². The van der Waals surface area contributed by atoms with E-state index in [0.717, 1.165) is 24.7 Å². The highest BCUT2D eigenvalue weighted by Gasteiger charge is 2.27. The van der Waals surface area contributed by atoms with E-state index in [4.69, 9.17) is 0 Å². The van der Waals surface area contributed by atoms with Crippen molar-refractivity contribution in [2.75, 3.05) is 7.11 Å². The Balaban J connectivity index is 2.40. The van der Waals surface area contributed by atoms with E-state index in [1.165, 1.54) is 13.3 Å². The van der Waals surface area contributed by atoms with Gasteiger partial charge in [0.1, 0.15) is 5.69 Å². The monoisotopic (exact) mass is 205 g/mol. The zero-order chi connectivity index (χ0) is 10.8. The Morgan fingerprint density at radius 2 is 2.33 bits per heavy atom. The number of hydrogen-bond acceptors (Lipinski definition) is 4. The van der Waals surface area contributed by atoms with Crippen molar-refractivity contribution in [3.05, 3.63) is 29.1 Å². The Kier molecular flexibility index (Phi) is 2.49. The van der Waals surface area contributed by atoms with Crippen molar-refractivity contribution in [1.29, 1.82) is 0 Å². The molecule has 0 aliphatic heterocycles. The number of carbonyl (C=O) groups is 2. The van der Waals surface area contributed by atoms with Crippen LogP contribution in [0.4, 0.5) is 0 Å². The third-order valence-corrected chi connectivity index (χ3v) is 2.51. The van der Waals surface area contributed by atoms with Crippen molar-refractivity contribution < 1.29 is 14.3 Å². The highest BCUT2D eigenvalue weighted by molar-refractivity contribution is 5.88. The molecule has 0 bridgehead atoms. The van der Waals surface area contributed by atoms with E-state index >= 15 is 0 Å². The van der Waals surface area contributed by atoms with E-state index in [1.807, 2.05) is 0 Å². The molecular weight excluding hydrogens is 194 g/mol. The van der Waals surface area contributed by atoms with Crippen molar-refractivity contribution in [2.24, 2.45) is 0 Å². The number of aromatic nitrogens is 1. The van der Waals surface area contributed by atoms with Crippen LogP contribution in [0.25, 0.3) is 0 Å². The third kappa shape index (κ3) is 1.88. The predicted molar refractivity (Wildman–Crippen MR) is 52.9 cm³/mol. The van der Waals surface area contributed by atoms with Crippen molar-refractivity contribution in [1.82, 2.24) is 4.98 Å². The predicted octanol–water partition coefficient (Wildman–Crippen LogP) is 1.56. The van der Waals surface area contributed by atoms with Crippen LogP contribution in [0.15, 0.2) is 12.3 Å². The second-order valence-electron chi connectivity index (χ2n) is 3.58. The standard InChI is InChI=1S/C11H11NO3/c1-15-11(14)10-4-9(7-2-3-7)8(6-13)5-12-10/h4-7H,2-3H2,1H3. The molecule has 0 saturated heterocycles. The van der Waals surface area contributed by atoms with Gasteiger partial charge in [-0.1, -0.05) is 0 Å². The van der Waals surface area contributed by atoms with E-state index in [9.17, 15) is 9.59 Å². The minimum absolute atomic E-state index is 0.269. The number of methoxy groups -OCH3 is 1. The summed E-state index contributed by atoms with van der Waals surface area (Å²) in [6.07, 6.45) is 4.37. The fraction of sp³-hybridized carbons (Fsp3) is 0.364. The third-order valence-electron chi connectivity index (χ3n) is 2.51. The van der Waals surface area contributed by atoms with Crippen LogP contribution >= 0.6 is 0 Å². The number of hydrogen-bond donors (Lipinski definition) is 0. The number of ether oxygens (including phenoxy) is 1. The van der Waals surface area contributed by atoms with Crippen molar-refractivity contribution in [3.63, 3.8) is 0 Å².